The Labute approximate surface area is 183 Å². The van der Waals surface area contributed by atoms with Crippen LogP contribution in [-0.2, 0) is 6.54 Å². The number of pyridine rings is 1. The third-order valence-electron chi connectivity index (χ3n) is 5.72. The first-order chi connectivity index (χ1) is 15.7. The van der Waals surface area contributed by atoms with Crippen molar-refractivity contribution in [2.75, 3.05) is 0 Å². The number of aromatic amines is 1. The summed E-state index contributed by atoms with van der Waals surface area (Å²) in [5.41, 5.74) is 8.22. The Morgan fingerprint density at radius 1 is 0.969 bits per heavy atom. The molecule has 0 aliphatic carbocycles. The maximum atomic E-state index is 4.70. The van der Waals surface area contributed by atoms with Gasteiger partial charge in [-0.25, -0.2) is 9.97 Å². The van der Waals surface area contributed by atoms with Crippen molar-refractivity contribution in [2.45, 2.75) is 20.4 Å². The molecule has 2 aromatic carbocycles. The standard InChI is InChI=1S/C24H20N8/c1-15-11-16(2)26-24-22(15)25-14-31(24)13-17-7-9-19(10-8-17)32-20-6-4-3-5-18(20)12-21(32)23-27-29-30-28-23/h3-12,14H,13H2,1-2H3,(H,27,28,29,30). The van der Waals surface area contributed by atoms with E-state index in [9.17, 15) is 0 Å². The number of rotatable bonds is 4. The normalized spacial score (nSPS) is 11.6. The van der Waals surface area contributed by atoms with Crippen LogP contribution in [0.5, 0.6) is 0 Å². The molecule has 4 heterocycles. The van der Waals surface area contributed by atoms with E-state index in [1.807, 2.05) is 25.4 Å². The summed E-state index contributed by atoms with van der Waals surface area (Å²) in [5, 5.41) is 15.8. The molecule has 6 aromatic rings. The second-order valence-electron chi connectivity index (χ2n) is 7.95. The van der Waals surface area contributed by atoms with Gasteiger partial charge in [0.2, 0.25) is 5.82 Å². The monoisotopic (exact) mass is 420 g/mol. The Bertz CT molecular complexity index is 1560. The fourth-order valence-corrected chi connectivity index (χ4v) is 4.28. The van der Waals surface area contributed by atoms with Gasteiger partial charge in [-0.3, -0.25) is 0 Å². The highest BCUT2D eigenvalue weighted by molar-refractivity contribution is 5.88. The van der Waals surface area contributed by atoms with Crippen LogP contribution in [0.25, 0.3) is 39.3 Å². The van der Waals surface area contributed by atoms with Gasteiger partial charge in [-0.15, -0.1) is 10.2 Å². The number of aromatic nitrogens is 8. The fourth-order valence-electron chi connectivity index (χ4n) is 4.28. The molecule has 0 aliphatic rings. The van der Waals surface area contributed by atoms with Crippen LogP contribution in [0.1, 0.15) is 16.8 Å². The fraction of sp³-hybridized carbons (Fsp3) is 0.125. The third-order valence-corrected chi connectivity index (χ3v) is 5.72. The van der Waals surface area contributed by atoms with Crippen molar-refractivity contribution in [3.63, 3.8) is 0 Å². The summed E-state index contributed by atoms with van der Waals surface area (Å²) in [7, 11) is 0. The summed E-state index contributed by atoms with van der Waals surface area (Å²) in [4.78, 5) is 9.26. The van der Waals surface area contributed by atoms with Crippen LogP contribution >= 0.6 is 0 Å². The van der Waals surface area contributed by atoms with Gasteiger partial charge >= 0.3 is 0 Å². The zero-order valence-corrected chi connectivity index (χ0v) is 17.7. The third kappa shape index (κ3) is 2.96. The van der Waals surface area contributed by atoms with Gasteiger partial charge in [0.15, 0.2) is 5.65 Å². The number of fused-ring (bicyclic) bond motifs is 2. The molecule has 32 heavy (non-hydrogen) atoms. The van der Waals surface area contributed by atoms with E-state index in [-0.39, 0.29) is 0 Å². The lowest BCUT2D eigenvalue weighted by Gasteiger charge is -2.11. The van der Waals surface area contributed by atoms with Crippen molar-refractivity contribution in [1.29, 1.82) is 0 Å². The second kappa shape index (κ2) is 7.12. The molecule has 8 heteroatoms. The zero-order valence-electron chi connectivity index (χ0n) is 17.7. The molecule has 8 nitrogen and oxygen atoms in total. The maximum Gasteiger partial charge on any atom is 0.221 e. The Morgan fingerprint density at radius 2 is 1.81 bits per heavy atom. The summed E-state index contributed by atoms with van der Waals surface area (Å²) >= 11 is 0. The number of H-pyrrole nitrogens is 1. The Kier molecular flexibility index (Phi) is 4.10. The van der Waals surface area contributed by atoms with Crippen LogP contribution in [0.4, 0.5) is 0 Å². The Hall–Kier alpha value is -4.33. The van der Waals surface area contributed by atoms with E-state index in [4.69, 9.17) is 4.98 Å². The SMILES string of the molecule is Cc1cc(C)c2ncn(Cc3ccc(-n4c(-c5nn[nH]n5)cc5ccccc54)cc3)c2n1. The molecule has 4 aromatic heterocycles. The molecule has 0 spiro atoms. The van der Waals surface area contributed by atoms with Gasteiger partial charge in [0.1, 0.15) is 5.52 Å². The summed E-state index contributed by atoms with van der Waals surface area (Å²) in [6.45, 7) is 4.80. The van der Waals surface area contributed by atoms with E-state index in [1.165, 1.54) is 5.56 Å². The smallest absolute Gasteiger partial charge is 0.221 e. The van der Waals surface area contributed by atoms with Crippen LogP contribution in [0.2, 0.25) is 0 Å². The number of benzene rings is 2. The van der Waals surface area contributed by atoms with Crippen LogP contribution in [0.3, 0.4) is 0 Å². The van der Waals surface area contributed by atoms with E-state index >= 15 is 0 Å². The Morgan fingerprint density at radius 3 is 2.62 bits per heavy atom. The number of hydrogen-bond acceptors (Lipinski definition) is 5. The molecule has 1 N–H and O–H groups in total. The molecular weight excluding hydrogens is 400 g/mol. The molecule has 0 fully saturated rings. The van der Waals surface area contributed by atoms with E-state index in [0.717, 1.165) is 44.7 Å². The molecule has 0 atom stereocenters. The predicted octanol–water partition coefficient (Wildman–Crippen LogP) is 4.22. The Balaban J connectivity index is 1.40. The van der Waals surface area contributed by atoms with Gasteiger partial charge in [-0.05, 0) is 60.5 Å². The highest BCUT2D eigenvalue weighted by Crippen LogP contribution is 2.29. The zero-order chi connectivity index (χ0) is 21.7. The minimum absolute atomic E-state index is 0.562. The van der Waals surface area contributed by atoms with Gasteiger partial charge in [-0.1, -0.05) is 30.3 Å². The minimum atomic E-state index is 0.562. The van der Waals surface area contributed by atoms with E-state index in [0.29, 0.717) is 12.4 Å². The van der Waals surface area contributed by atoms with Crippen molar-refractivity contribution in [1.82, 2.24) is 39.7 Å². The number of nitrogens with one attached hydrogen (secondary N) is 1. The van der Waals surface area contributed by atoms with Gasteiger partial charge in [-0.2, -0.15) is 5.21 Å². The van der Waals surface area contributed by atoms with E-state index in [1.54, 1.807) is 0 Å². The molecule has 0 amide bonds. The summed E-state index contributed by atoms with van der Waals surface area (Å²) in [5.74, 6) is 0.562. The number of para-hydroxylation sites is 1. The molecule has 6 rings (SSSR count). The van der Waals surface area contributed by atoms with Crippen LogP contribution in [-0.4, -0.2) is 39.7 Å². The number of hydrogen-bond donors (Lipinski definition) is 1. The minimum Gasteiger partial charge on any atom is -0.311 e. The van der Waals surface area contributed by atoms with Gasteiger partial charge in [0.05, 0.1) is 24.1 Å². The molecule has 0 bridgehead atoms. The van der Waals surface area contributed by atoms with E-state index in [2.05, 4.69) is 90.2 Å². The molecule has 0 saturated heterocycles. The van der Waals surface area contributed by atoms with Gasteiger partial charge < -0.3 is 9.13 Å². The molecule has 0 saturated carbocycles. The first-order valence-electron chi connectivity index (χ1n) is 10.4. The van der Waals surface area contributed by atoms with Crippen molar-refractivity contribution < 1.29 is 0 Å². The lowest BCUT2D eigenvalue weighted by molar-refractivity contribution is 0.812. The summed E-state index contributed by atoms with van der Waals surface area (Å²) in [6.07, 6.45) is 1.87. The number of aryl methyl sites for hydroxylation is 2. The first kappa shape index (κ1) is 18.4. The number of imidazole rings is 1. The van der Waals surface area contributed by atoms with Crippen LogP contribution in [0.15, 0.2) is 67.0 Å². The summed E-state index contributed by atoms with van der Waals surface area (Å²) in [6, 6.07) is 20.9. The van der Waals surface area contributed by atoms with Gasteiger partial charge in [0, 0.05) is 16.8 Å². The quantitative estimate of drug-likeness (QED) is 0.461. The largest absolute Gasteiger partial charge is 0.311 e. The van der Waals surface area contributed by atoms with Crippen LogP contribution < -0.4 is 0 Å². The van der Waals surface area contributed by atoms with Crippen molar-refractivity contribution in [3.8, 4) is 17.2 Å². The average molecular weight is 420 g/mol. The van der Waals surface area contributed by atoms with Crippen molar-refractivity contribution in [3.05, 3.63) is 83.8 Å². The predicted molar refractivity (Wildman–Crippen MR) is 123 cm³/mol. The van der Waals surface area contributed by atoms with Crippen LogP contribution in [0, 0.1) is 13.8 Å². The topological polar surface area (TPSA) is 90.1 Å². The maximum absolute atomic E-state index is 4.70. The number of tetrazole rings is 1. The lowest BCUT2D eigenvalue weighted by atomic mass is 10.2. The molecule has 0 radical (unpaired) electrons. The second-order valence-corrected chi connectivity index (χ2v) is 7.95. The van der Waals surface area contributed by atoms with Crippen molar-refractivity contribution in [2.24, 2.45) is 0 Å². The first-order valence-corrected chi connectivity index (χ1v) is 10.4. The number of nitrogens with zero attached hydrogens (tertiary/aromatic N) is 7. The average Bonchev–Trinajstić information content (AvgIpc) is 3.53. The molecule has 0 aliphatic heterocycles. The molecule has 156 valence electrons. The highest BCUT2D eigenvalue weighted by Gasteiger charge is 2.15. The van der Waals surface area contributed by atoms with E-state index < -0.39 is 0 Å². The molecular formula is C24H20N8. The van der Waals surface area contributed by atoms with Crippen molar-refractivity contribution >= 4 is 22.1 Å². The lowest BCUT2D eigenvalue weighted by Crippen LogP contribution is -2.02. The highest BCUT2D eigenvalue weighted by atomic mass is 15.5. The molecule has 0 unspecified atom stereocenters. The summed E-state index contributed by atoms with van der Waals surface area (Å²) < 4.78 is 4.25. The van der Waals surface area contributed by atoms with Gasteiger partial charge in [0.25, 0.3) is 0 Å².